The molecule has 2 aliphatic heterocycles. The number of benzene rings is 3. The van der Waals surface area contributed by atoms with Gasteiger partial charge >= 0.3 is 6.09 Å². The molecule has 2 bridgehead atoms. The summed E-state index contributed by atoms with van der Waals surface area (Å²) in [7, 11) is 0. The molecular formula is C31H27FN2O3. The van der Waals surface area contributed by atoms with Crippen LogP contribution in [0.1, 0.15) is 58.6 Å². The Labute approximate surface area is 215 Å². The van der Waals surface area contributed by atoms with E-state index in [1.54, 1.807) is 6.07 Å². The quantitative estimate of drug-likeness (QED) is 0.392. The van der Waals surface area contributed by atoms with Gasteiger partial charge in [-0.05, 0) is 65.6 Å². The molecular weight excluding hydrogens is 467 g/mol. The summed E-state index contributed by atoms with van der Waals surface area (Å²) < 4.78 is 20.5. The molecule has 3 aromatic rings. The van der Waals surface area contributed by atoms with Crippen molar-refractivity contribution in [1.82, 2.24) is 4.90 Å². The first-order chi connectivity index (χ1) is 18.0. The fraction of sp³-hybridized carbons (Fsp3) is 0.323. The van der Waals surface area contributed by atoms with E-state index in [9.17, 15) is 14.0 Å². The Morgan fingerprint density at radius 3 is 2.16 bits per heavy atom. The summed E-state index contributed by atoms with van der Waals surface area (Å²) in [6.45, 7) is 0.269. The van der Waals surface area contributed by atoms with Crippen molar-refractivity contribution in [2.75, 3.05) is 6.61 Å². The van der Waals surface area contributed by atoms with Gasteiger partial charge in [-0.3, -0.25) is 4.79 Å². The van der Waals surface area contributed by atoms with E-state index in [-0.39, 0.29) is 54.4 Å². The molecule has 6 heteroatoms. The first kappa shape index (κ1) is 23.4. The zero-order chi connectivity index (χ0) is 25.5. The molecule has 6 rings (SSSR count). The Kier molecular flexibility index (Phi) is 6.00. The predicted octanol–water partition coefficient (Wildman–Crippen LogP) is 6.27. The number of Topliss-reactive ketones (excluding diaryl/α,β-unsaturated/α-hetero) is 1. The Balaban J connectivity index is 1.13. The van der Waals surface area contributed by atoms with Crippen LogP contribution in [-0.4, -0.2) is 35.5 Å². The van der Waals surface area contributed by atoms with Crippen LogP contribution in [0.2, 0.25) is 0 Å². The summed E-state index contributed by atoms with van der Waals surface area (Å²) >= 11 is 0. The molecule has 2 heterocycles. The smallest absolute Gasteiger partial charge is 0.410 e. The summed E-state index contributed by atoms with van der Waals surface area (Å²) in [4.78, 5) is 28.3. The van der Waals surface area contributed by atoms with Crippen LogP contribution in [0.4, 0.5) is 9.18 Å². The molecule has 2 unspecified atom stereocenters. The van der Waals surface area contributed by atoms with Gasteiger partial charge < -0.3 is 9.64 Å². The monoisotopic (exact) mass is 494 g/mol. The zero-order valence-electron chi connectivity index (χ0n) is 20.4. The predicted molar refractivity (Wildman–Crippen MR) is 136 cm³/mol. The second-order valence-corrected chi connectivity index (χ2v) is 10.3. The number of ether oxygens (including phenoxy) is 1. The fourth-order valence-corrected chi connectivity index (χ4v) is 6.54. The number of fused-ring (bicyclic) bond motifs is 5. The molecule has 1 amide bonds. The number of carbonyl (C=O) groups is 2. The average Bonchev–Trinajstić information content (AvgIpc) is 3.37. The van der Waals surface area contributed by atoms with E-state index in [0.717, 1.165) is 12.8 Å². The van der Waals surface area contributed by atoms with Gasteiger partial charge in [0.25, 0.3) is 0 Å². The van der Waals surface area contributed by atoms with Gasteiger partial charge in [-0.1, -0.05) is 54.6 Å². The van der Waals surface area contributed by atoms with Crippen LogP contribution < -0.4 is 0 Å². The second kappa shape index (κ2) is 9.48. The Bertz CT molecular complexity index is 1370. The van der Waals surface area contributed by atoms with Crippen molar-refractivity contribution in [3.05, 3.63) is 94.8 Å². The highest BCUT2D eigenvalue weighted by molar-refractivity contribution is 5.98. The molecule has 5 nitrogen and oxygen atoms in total. The Morgan fingerprint density at radius 2 is 1.57 bits per heavy atom. The Hall–Kier alpha value is -3.98. The van der Waals surface area contributed by atoms with Crippen molar-refractivity contribution < 1.29 is 18.7 Å². The van der Waals surface area contributed by atoms with Gasteiger partial charge in [-0.2, -0.15) is 5.26 Å². The highest BCUT2D eigenvalue weighted by atomic mass is 19.1. The number of carbonyl (C=O) groups excluding carboxylic acids is 2. The first-order valence-corrected chi connectivity index (χ1v) is 12.9. The van der Waals surface area contributed by atoms with E-state index in [1.165, 1.54) is 34.4 Å². The highest BCUT2D eigenvalue weighted by Gasteiger charge is 2.46. The van der Waals surface area contributed by atoms with Crippen molar-refractivity contribution in [2.45, 2.75) is 50.1 Å². The number of nitriles is 1. The number of hydrogen-bond acceptors (Lipinski definition) is 4. The third-order valence-electron chi connectivity index (χ3n) is 8.23. The molecule has 0 N–H and O–H groups in total. The average molecular weight is 495 g/mol. The van der Waals surface area contributed by atoms with Crippen LogP contribution >= 0.6 is 0 Å². The van der Waals surface area contributed by atoms with Gasteiger partial charge in [0, 0.05) is 23.9 Å². The van der Waals surface area contributed by atoms with Crippen LogP contribution in [0.25, 0.3) is 11.1 Å². The van der Waals surface area contributed by atoms with Gasteiger partial charge in [-0.25, -0.2) is 9.18 Å². The number of amides is 1. The Morgan fingerprint density at radius 1 is 0.946 bits per heavy atom. The van der Waals surface area contributed by atoms with E-state index in [4.69, 9.17) is 10.00 Å². The van der Waals surface area contributed by atoms with E-state index in [0.29, 0.717) is 18.4 Å². The van der Waals surface area contributed by atoms with Gasteiger partial charge in [0.2, 0.25) is 0 Å². The third-order valence-corrected chi connectivity index (χ3v) is 8.23. The SMILES string of the molecule is N#CCc1ccc(C(=O)C2CC3CCC(C2)N3C(=O)OCC2c3ccccc3-c3ccccc32)c(F)c1. The van der Waals surface area contributed by atoms with E-state index in [1.807, 2.05) is 35.2 Å². The maximum atomic E-state index is 14.6. The summed E-state index contributed by atoms with van der Waals surface area (Å²) in [5.41, 5.74) is 5.35. The van der Waals surface area contributed by atoms with Crippen LogP contribution in [-0.2, 0) is 11.2 Å². The lowest BCUT2D eigenvalue weighted by Gasteiger charge is -2.37. The van der Waals surface area contributed by atoms with E-state index < -0.39 is 5.82 Å². The second-order valence-electron chi connectivity index (χ2n) is 10.3. The number of halogens is 1. The molecule has 2 atom stereocenters. The molecule has 1 aliphatic carbocycles. The zero-order valence-corrected chi connectivity index (χ0v) is 20.4. The molecule has 3 aromatic carbocycles. The standard InChI is InChI=1S/C31H27FN2O3/c32-29-15-19(13-14-33)9-12-27(29)30(35)20-16-21-10-11-22(17-20)34(21)31(36)37-18-28-25-7-3-1-5-23(25)24-6-2-4-8-26(24)28/h1-9,12,15,20-22,28H,10-11,13,16-18H2. The molecule has 0 spiro atoms. The minimum atomic E-state index is -0.580. The molecule has 0 radical (unpaired) electrons. The third kappa shape index (κ3) is 4.09. The highest BCUT2D eigenvalue weighted by Crippen LogP contribution is 2.45. The van der Waals surface area contributed by atoms with E-state index in [2.05, 4.69) is 24.3 Å². The lowest BCUT2D eigenvalue weighted by atomic mass is 9.84. The van der Waals surface area contributed by atoms with Gasteiger partial charge in [-0.15, -0.1) is 0 Å². The first-order valence-electron chi connectivity index (χ1n) is 12.9. The molecule has 186 valence electrons. The number of rotatable bonds is 5. The maximum Gasteiger partial charge on any atom is 0.410 e. The minimum Gasteiger partial charge on any atom is -0.448 e. The molecule has 2 saturated heterocycles. The lowest BCUT2D eigenvalue weighted by Crippen LogP contribution is -2.48. The van der Waals surface area contributed by atoms with Crippen molar-refractivity contribution >= 4 is 11.9 Å². The number of nitrogens with zero attached hydrogens (tertiary/aromatic N) is 2. The summed E-state index contributed by atoms with van der Waals surface area (Å²) in [5, 5.41) is 8.83. The summed E-state index contributed by atoms with van der Waals surface area (Å²) in [5.74, 6) is -1.12. The fourth-order valence-electron chi connectivity index (χ4n) is 6.54. The van der Waals surface area contributed by atoms with Crippen molar-refractivity contribution in [3.8, 4) is 17.2 Å². The van der Waals surface area contributed by atoms with Crippen molar-refractivity contribution in [3.63, 3.8) is 0 Å². The van der Waals surface area contributed by atoms with E-state index >= 15 is 0 Å². The van der Waals surface area contributed by atoms with Crippen LogP contribution in [0, 0.1) is 23.1 Å². The number of piperidine rings is 1. The normalized spacial score (nSPS) is 21.7. The van der Waals surface area contributed by atoms with Crippen molar-refractivity contribution in [1.29, 1.82) is 5.26 Å². The topological polar surface area (TPSA) is 70.4 Å². The molecule has 0 aromatic heterocycles. The van der Waals surface area contributed by atoms with Crippen LogP contribution in [0.3, 0.4) is 0 Å². The molecule has 3 aliphatic rings. The lowest BCUT2D eigenvalue weighted by molar-refractivity contribution is 0.0504. The van der Waals surface area contributed by atoms with Gasteiger partial charge in [0.1, 0.15) is 12.4 Å². The van der Waals surface area contributed by atoms with Crippen molar-refractivity contribution in [2.24, 2.45) is 5.92 Å². The minimum absolute atomic E-state index is 0.0000926. The maximum absolute atomic E-state index is 14.6. The van der Waals surface area contributed by atoms with Gasteiger partial charge in [0.15, 0.2) is 5.78 Å². The molecule has 0 saturated carbocycles. The van der Waals surface area contributed by atoms with Gasteiger partial charge in [0.05, 0.1) is 18.1 Å². The van der Waals surface area contributed by atoms with Crippen LogP contribution in [0.5, 0.6) is 0 Å². The molecule has 37 heavy (non-hydrogen) atoms. The number of hydrogen-bond donors (Lipinski definition) is 0. The molecule has 2 fully saturated rings. The van der Waals surface area contributed by atoms with Crippen LogP contribution in [0.15, 0.2) is 66.7 Å². The summed E-state index contributed by atoms with van der Waals surface area (Å²) in [6.07, 6.45) is 2.45. The largest absolute Gasteiger partial charge is 0.448 e. The summed E-state index contributed by atoms with van der Waals surface area (Å²) in [6, 6.07) is 22.7. The number of ketones is 1.